The maximum Gasteiger partial charge on any atom is 0.111 e. The van der Waals surface area contributed by atoms with Gasteiger partial charge in [-0.2, -0.15) is 0 Å². The van der Waals surface area contributed by atoms with Crippen LogP contribution in [0.2, 0.25) is 0 Å². The Labute approximate surface area is 251 Å². The summed E-state index contributed by atoms with van der Waals surface area (Å²) in [4.78, 5) is 5.47. The molecule has 41 heavy (non-hydrogen) atoms. The summed E-state index contributed by atoms with van der Waals surface area (Å²) in [7, 11) is 0. The lowest BCUT2D eigenvalue weighted by atomic mass is 9.70. The van der Waals surface area contributed by atoms with E-state index >= 15 is 0 Å². The molecular formula is C38H57NO2. The van der Waals surface area contributed by atoms with Crippen LogP contribution in [0.4, 0.5) is 0 Å². The summed E-state index contributed by atoms with van der Waals surface area (Å²) >= 11 is 0. The molecule has 1 aromatic carbocycles. The third kappa shape index (κ3) is 6.99. The van der Waals surface area contributed by atoms with Crippen LogP contribution in [0.1, 0.15) is 172 Å². The SMILES string of the molecule is C=C(C)c1ccc([C@H]2OC3(CCCC3)c3c2c(C(C)C)nc2c3[C@@H](OC(C)CC)CC(C)(C)C2)cc1.CC(C)(C)C. The van der Waals surface area contributed by atoms with Gasteiger partial charge in [0.05, 0.1) is 17.8 Å². The van der Waals surface area contributed by atoms with E-state index in [0.29, 0.717) is 11.3 Å². The second-order valence-electron chi connectivity index (χ2n) is 15.8. The third-order valence-corrected chi connectivity index (χ3v) is 8.78. The van der Waals surface area contributed by atoms with Gasteiger partial charge in [0.25, 0.3) is 0 Å². The highest BCUT2D eigenvalue weighted by Gasteiger charge is 2.53. The van der Waals surface area contributed by atoms with Crippen molar-refractivity contribution >= 4 is 5.57 Å². The molecule has 0 radical (unpaired) electrons. The lowest BCUT2D eigenvalue weighted by molar-refractivity contribution is -0.0628. The Morgan fingerprint density at radius 2 is 1.63 bits per heavy atom. The molecular weight excluding hydrogens is 502 g/mol. The number of nitrogens with zero attached hydrogens (tertiary/aromatic N) is 1. The molecule has 1 spiro atoms. The van der Waals surface area contributed by atoms with Crippen LogP contribution < -0.4 is 0 Å². The van der Waals surface area contributed by atoms with Crippen LogP contribution in [-0.4, -0.2) is 11.1 Å². The number of allylic oxidation sites excluding steroid dienone is 1. The van der Waals surface area contributed by atoms with E-state index in [2.05, 4.69) is 107 Å². The van der Waals surface area contributed by atoms with Crippen molar-refractivity contribution in [3.05, 3.63) is 70.0 Å². The van der Waals surface area contributed by atoms with Crippen LogP contribution in [0.5, 0.6) is 0 Å². The molecule has 1 aliphatic heterocycles. The van der Waals surface area contributed by atoms with E-state index in [1.54, 1.807) is 0 Å². The molecule has 3 aliphatic rings. The van der Waals surface area contributed by atoms with Gasteiger partial charge in [-0.25, -0.2) is 0 Å². The number of fused-ring (bicyclic) bond motifs is 4. The fourth-order valence-corrected chi connectivity index (χ4v) is 6.82. The van der Waals surface area contributed by atoms with Crippen molar-refractivity contribution in [2.75, 3.05) is 0 Å². The molecule has 0 N–H and O–H groups in total. The van der Waals surface area contributed by atoms with Gasteiger partial charge >= 0.3 is 0 Å². The second kappa shape index (κ2) is 12.0. The van der Waals surface area contributed by atoms with Crippen molar-refractivity contribution < 1.29 is 9.47 Å². The van der Waals surface area contributed by atoms with E-state index in [1.165, 1.54) is 52.0 Å². The van der Waals surface area contributed by atoms with E-state index < -0.39 is 0 Å². The number of hydrogen-bond acceptors (Lipinski definition) is 3. The first-order valence-electron chi connectivity index (χ1n) is 16.2. The highest BCUT2D eigenvalue weighted by Crippen LogP contribution is 2.60. The van der Waals surface area contributed by atoms with Crippen LogP contribution in [-0.2, 0) is 21.5 Å². The van der Waals surface area contributed by atoms with Gasteiger partial charge in [-0.3, -0.25) is 4.98 Å². The molecule has 2 aliphatic carbocycles. The summed E-state index contributed by atoms with van der Waals surface area (Å²) in [6, 6.07) is 8.87. The molecule has 1 unspecified atom stereocenters. The number of rotatable bonds is 6. The summed E-state index contributed by atoms with van der Waals surface area (Å²) in [6.45, 7) is 28.7. The van der Waals surface area contributed by atoms with E-state index in [4.69, 9.17) is 14.5 Å². The maximum atomic E-state index is 7.24. The average Bonchev–Trinajstić information content (AvgIpc) is 3.47. The third-order valence-electron chi connectivity index (χ3n) is 8.78. The maximum absolute atomic E-state index is 7.24. The summed E-state index contributed by atoms with van der Waals surface area (Å²) in [5.74, 6) is 0.334. The van der Waals surface area contributed by atoms with Gasteiger partial charge in [-0.05, 0) is 79.4 Å². The van der Waals surface area contributed by atoms with E-state index in [1.807, 2.05) is 0 Å². The van der Waals surface area contributed by atoms with Crippen molar-refractivity contribution in [1.82, 2.24) is 4.98 Å². The Morgan fingerprint density at radius 3 is 2.15 bits per heavy atom. The van der Waals surface area contributed by atoms with Gasteiger partial charge in [0.2, 0.25) is 0 Å². The van der Waals surface area contributed by atoms with Crippen LogP contribution in [0.15, 0.2) is 30.8 Å². The molecule has 3 nitrogen and oxygen atoms in total. The number of pyridine rings is 1. The van der Waals surface area contributed by atoms with Crippen molar-refractivity contribution in [3.63, 3.8) is 0 Å². The summed E-state index contributed by atoms with van der Waals surface area (Å²) < 4.78 is 14.0. The molecule has 2 heterocycles. The lowest BCUT2D eigenvalue weighted by Crippen LogP contribution is -2.34. The smallest absolute Gasteiger partial charge is 0.111 e. The zero-order valence-electron chi connectivity index (χ0n) is 28.0. The highest BCUT2D eigenvalue weighted by atomic mass is 16.5. The normalized spacial score (nSPS) is 23.1. The minimum atomic E-state index is -0.220. The van der Waals surface area contributed by atoms with Gasteiger partial charge < -0.3 is 9.47 Å². The standard InChI is InChI=1S/C33H45NO2.C5H12/c1-9-22(6)35-26-19-32(7,8)18-25-27(26)29-28(30(34-25)21(4)5)31(36-33(29)16-10-11-17-33)24-14-12-23(13-15-24)20(2)3;1-5(2,3)4/h12-15,21-22,26,31H,2,9-11,16-19H2,1,3-8H3;1-4H3/t22?,26-,31+;/m0./s1. The molecule has 0 amide bonds. The van der Waals surface area contributed by atoms with E-state index in [9.17, 15) is 0 Å². The molecule has 1 saturated carbocycles. The topological polar surface area (TPSA) is 31.4 Å². The summed E-state index contributed by atoms with van der Waals surface area (Å²) in [6.07, 6.45) is 7.90. The van der Waals surface area contributed by atoms with Crippen LogP contribution in [0.25, 0.3) is 5.57 Å². The van der Waals surface area contributed by atoms with Gasteiger partial charge in [-0.15, -0.1) is 0 Å². The van der Waals surface area contributed by atoms with Crippen molar-refractivity contribution in [3.8, 4) is 0 Å². The van der Waals surface area contributed by atoms with Crippen molar-refractivity contribution in [2.45, 2.75) is 151 Å². The Morgan fingerprint density at radius 1 is 1.05 bits per heavy atom. The van der Waals surface area contributed by atoms with E-state index in [0.717, 1.165) is 37.7 Å². The largest absolute Gasteiger partial charge is 0.370 e. The molecule has 0 saturated heterocycles. The van der Waals surface area contributed by atoms with Crippen LogP contribution in [0, 0.1) is 10.8 Å². The molecule has 1 fully saturated rings. The molecule has 5 rings (SSSR count). The molecule has 3 heteroatoms. The van der Waals surface area contributed by atoms with E-state index in [-0.39, 0.29) is 29.3 Å². The van der Waals surface area contributed by atoms with Gasteiger partial charge in [0, 0.05) is 22.5 Å². The summed E-state index contributed by atoms with van der Waals surface area (Å²) in [5, 5.41) is 0. The first-order valence-corrected chi connectivity index (χ1v) is 16.2. The zero-order valence-corrected chi connectivity index (χ0v) is 28.0. The predicted octanol–water partition coefficient (Wildman–Crippen LogP) is 11.0. The average molecular weight is 560 g/mol. The Hall–Kier alpha value is -1.97. The molecule has 226 valence electrons. The number of benzene rings is 1. The van der Waals surface area contributed by atoms with Crippen molar-refractivity contribution in [1.29, 1.82) is 0 Å². The summed E-state index contributed by atoms with van der Waals surface area (Å²) in [5.41, 5.74) is 10.6. The van der Waals surface area contributed by atoms with Crippen molar-refractivity contribution in [2.24, 2.45) is 10.8 Å². The monoisotopic (exact) mass is 559 g/mol. The van der Waals surface area contributed by atoms with Crippen LogP contribution in [0.3, 0.4) is 0 Å². The molecule has 1 aromatic heterocycles. The van der Waals surface area contributed by atoms with Gasteiger partial charge in [-0.1, -0.05) is 112 Å². The zero-order chi connectivity index (χ0) is 30.3. The molecule has 0 bridgehead atoms. The number of aromatic nitrogens is 1. The molecule has 2 aromatic rings. The van der Waals surface area contributed by atoms with Crippen LogP contribution >= 0.6 is 0 Å². The highest BCUT2D eigenvalue weighted by molar-refractivity contribution is 5.62. The first kappa shape index (κ1) is 32.0. The Kier molecular flexibility index (Phi) is 9.32. The minimum Gasteiger partial charge on any atom is -0.370 e. The Bertz CT molecular complexity index is 1220. The first-order chi connectivity index (χ1) is 19.0. The second-order valence-corrected chi connectivity index (χ2v) is 15.8. The lowest BCUT2D eigenvalue weighted by Gasteiger charge is -2.40. The quantitative estimate of drug-likeness (QED) is 0.353. The fraction of sp³-hybridized carbons (Fsp3) is 0.658. The fourth-order valence-electron chi connectivity index (χ4n) is 6.82. The minimum absolute atomic E-state index is 0.0757. The Balaban J connectivity index is 0.000000714. The number of ether oxygens (including phenoxy) is 2. The van der Waals surface area contributed by atoms with Gasteiger partial charge in [0.15, 0.2) is 0 Å². The van der Waals surface area contributed by atoms with Gasteiger partial charge in [0.1, 0.15) is 6.10 Å². The predicted molar refractivity (Wildman–Crippen MR) is 173 cm³/mol. The number of hydrogen-bond donors (Lipinski definition) is 0. The molecule has 3 atom stereocenters.